The monoisotopic (exact) mass is 233 g/mol. The molecule has 0 heterocycles. The summed E-state index contributed by atoms with van der Waals surface area (Å²) in [7, 11) is 3.13. The van der Waals surface area contributed by atoms with E-state index in [0.717, 1.165) is 5.56 Å². The van der Waals surface area contributed by atoms with Crippen LogP contribution < -0.4 is 14.8 Å². The first-order chi connectivity index (χ1) is 8.12. The summed E-state index contributed by atoms with van der Waals surface area (Å²) in [5, 5.41) is 2.66. The van der Waals surface area contributed by atoms with Gasteiger partial charge in [-0.2, -0.15) is 0 Å². The number of hydrogen-bond acceptors (Lipinski definition) is 3. The van der Waals surface area contributed by atoms with Crippen molar-refractivity contribution in [2.24, 2.45) is 0 Å². The van der Waals surface area contributed by atoms with Crippen molar-refractivity contribution in [2.45, 2.75) is 13.0 Å². The summed E-state index contributed by atoms with van der Waals surface area (Å²) in [5.74, 6) is 2.84. The molecule has 4 heteroatoms. The Morgan fingerprint density at radius 2 is 2.00 bits per heavy atom. The summed E-state index contributed by atoms with van der Waals surface area (Å²) < 4.78 is 10.3. The second-order valence-corrected chi connectivity index (χ2v) is 3.45. The SMILES string of the molecule is C#CC(=O)NC(C)c1ccc(OC)c(OC)c1. The summed E-state index contributed by atoms with van der Waals surface area (Å²) in [4.78, 5) is 11.1. The largest absolute Gasteiger partial charge is 0.493 e. The molecule has 1 atom stereocenters. The van der Waals surface area contributed by atoms with Gasteiger partial charge < -0.3 is 14.8 Å². The van der Waals surface area contributed by atoms with Gasteiger partial charge in [0, 0.05) is 0 Å². The quantitative estimate of drug-likeness (QED) is 0.802. The van der Waals surface area contributed by atoms with Crippen molar-refractivity contribution >= 4 is 5.91 Å². The van der Waals surface area contributed by atoms with Crippen LogP contribution in [0.15, 0.2) is 18.2 Å². The van der Waals surface area contributed by atoms with E-state index >= 15 is 0 Å². The Morgan fingerprint density at radius 1 is 1.35 bits per heavy atom. The molecule has 0 fully saturated rings. The molecule has 0 aliphatic rings. The molecular weight excluding hydrogens is 218 g/mol. The van der Waals surface area contributed by atoms with Crippen LogP contribution in [-0.4, -0.2) is 20.1 Å². The number of carbonyl (C=O) groups excluding carboxylic acids is 1. The van der Waals surface area contributed by atoms with E-state index in [4.69, 9.17) is 15.9 Å². The fourth-order valence-corrected chi connectivity index (χ4v) is 1.44. The molecule has 1 rings (SSSR count). The molecule has 17 heavy (non-hydrogen) atoms. The molecule has 1 N–H and O–H groups in total. The van der Waals surface area contributed by atoms with Gasteiger partial charge in [0.05, 0.1) is 20.3 Å². The van der Waals surface area contributed by atoms with E-state index in [0.29, 0.717) is 11.5 Å². The van der Waals surface area contributed by atoms with Gasteiger partial charge in [0.1, 0.15) is 0 Å². The highest BCUT2D eigenvalue weighted by molar-refractivity contribution is 5.93. The van der Waals surface area contributed by atoms with E-state index in [2.05, 4.69) is 5.32 Å². The third-order valence-electron chi connectivity index (χ3n) is 2.39. The van der Waals surface area contributed by atoms with Crippen molar-refractivity contribution in [3.8, 4) is 23.8 Å². The molecule has 1 amide bonds. The zero-order valence-corrected chi connectivity index (χ0v) is 10.1. The highest BCUT2D eigenvalue weighted by atomic mass is 16.5. The van der Waals surface area contributed by atoms with Gasteiger partial charge in [0.25, 0.3) is 5.91 Å². The lowest BCUT2D eigenvalue weighted by atomic mass is 10.1. The zero-order valence-electron chi connectivity index (χ0n) is 10.1. The Bertz CT molecular complexity index is 448. The summed E-state index contributed by atoms with van der Waals surface area (Å²) in [5.41, 5.74) is 0.895. The summed E-state index contributed by atoms with van der Waals surface area (Å²) in [6, 6.07) is 5.26. The maximum absolute atomic E-state index is 11.1. The average Bonchev–Trinajstić information content (AvgIpc) is 2.37. The molecule has 0 bridgehead atoms. The molecule has 0 aliphatic heterocycles. The van der Waals surface area contributed by atoms with Crippen molar-refractivity contribution in [1.82, 2.24) is 5.32 Å². The van der Waals surface area contributed by atoms with Gasteiger partial charge in [-0.3, -0.25) is 4.79 Å². The van der Waals surface area contributed by atoms with Crippen LogP contribution in [-0.2, 0) is 4.79 Å². The number of benzene rings is 1. The number of methoxy groups -OCH3 is 2. The number of hydrogen-bond donors (Lipinski definition) is 1. The van der Waals surface area contributed by atoms with Gasteiger partial charge in [-0.1, -0.05) is 6.07 Å². The van der Waals surface area contributed by atoms with Gasteiger partial charge in [0.2, 0.25) is 0 Å². The van der Waals surface area contributed by atoms with E-state index < -0.39 is 5.91 Å². The lowest BCUT2D eigenvalue weighted by molar-refractivity contribution is -0.116. The Kier molecular flexibility index (Phi) is 4.41. The summed E-state index contributed by atoms with van der Waals surface area (Å²) in [6.45, 7) is 1.84. The first kappa shape index (κ1) is 12.9. The van der Waals surface area contributed by atoms with Gasteiger partial charge in [-0.25, -0.2) is 0 Å². The maximum Gasteiger partial charge on any atom is 0.296 e. The number of terminal acetylenes is 1. The van der Waals surface area contributed by atoms with E-state index in [-0.39, 0.29) is 6.04 Å². The van der Waals surface area contributed by atoms with Crippen molar-refractivity contribution in [3.63, 3.8) is 0 Å². The topological polar surface area (TPSA) is 47.6 Å². The lowest BCUT2D eigenvalue weighted by Crippen LogP contribution is -2.24. The van der Waals surface area contributed by atoms with Crippen molar-refractivity contribution in [3.05, 3.63) is 23.8 Å². The van der Waals surface area contributed by atoms with Crippen molar-refractivity contribution < 1.29 is 14.3 Å². The van der Waals surface area contributed by atoms with E-state index in [9.17, 15) is 4.79 Å². The number of amides is 1. The second kappa shape index (κ2) is 5.80. The Morgan fingerprint density at radius 3 is 2.53 bits per heavy atom. The third-order valence-corrected chi connectivity index (χ3v) is 2.39. The second-order valence-electron chi connectivity index (χ2n) is 3.45. The minimum absolute atomic E-state index is 0.182. The molecular formula is C13H15NO3. The van der Waals surface area contributed by atoms with Crippen LogP contribution in [0.2, 0.25) is 0 Å². The normalized spacial score (nSPS) is 11.2. The zero-order chi connectivity index (χ0) is 12.8. The number of ether oxygens (including phenoxy) is 2. The van der Waals surface area contributed by atoms with Gasteiger partial charge >= 0.3 is 0 Å². The maximum atomic E-state index is 11.1. The number of carbonyl (C=O) groups is 1. The third kappa shape index (κ3) is 3.15. The van der Waals surface area contributed by atoms with E-state index in [1.54, 1.807) is 26.4 Å². The predicted octanol–water partition coefficient (Wildman–Crippen LogP) is 1.51. The van der Waals surface area contributed by atoms with Crippen molar-refractivity contribution in [1.29, 1.82) is 0 Å². The molecule has 0 radical (unpaired) electrons. The Hall–Kier alpha value is -2.15. The summed E-state index contributed by atoms with van der Waals surface area (Å²) >= 11 is 0. The van der Waals surface area contributed by atoms with Gasteiger partial charge in [-0.15, -0.1) is 6.42 Å². The number of nitrogens with one attached hydrogen (secondary N) is 1. The standard InChI is InChI=1S/C13H15NO3/c1-5-13(15)14-9(2)10-6-7-11(16-3)12(8-10)17-4/h1,6-9H,2-4H3,(H,14,15). The minimum Gasteiger partial charge on any atom is -0.493 e. The van der Waals surface area contributed by atoms with E-state index in [1.165, 1.54) is 0 Å². The first-order valence-electron chi connectivity index (χ1n) is 5.11. The highest BCUT2D eigenvalue weighted by Gasteiger charge is 2.11. The minimum atomic E-state index is -0.438. The fourth-order valence-electron chi connectivity index (χ4n) is 1.44. The average molecular weight is 233 g/mol. The fraction of sp³-hybridized carbons (Fsp3) is 0.308. The molecule has 1 aromatic carbocycles. The van der Waals surface area contributed by atoms with Crippen LogP contribution in [0.25, 0.3) is 0 Å². The molecule has 1 aromatic rings. The van der Waals surface area contributed by atoms with Crippen LogP contribution >= 0.6 is 0 Å². The van der Waals surface area contributed by atoms with E-state index in [1.807, 2.05) is 18.9 Å². The molecule has 4 nitrogen and oxygen atoms in total. The Labute approximate surface area is 101 Å². The Balaban J connectivity index is 2.92. The molecule has 0 saturated heterocycles. The molecule has 0 spiro atoms. The van der Waals surface area contributed by atoms with Crippen molar-refractivity contribution in [2.75, 3.05) is 14.2 Å². The van der Waals surface area contributed by atoms with Crippen LogP contribution in [0.5, 0.6) is 11.5 Å². The van der Waals surface area contributed by atoms with Crippen LogP contribution in [0.3, 0.4) is 0 Å². The molecule has 0 aromatic heterocycles. The molecule has 0 aliphatic carbocycles. The smallest absolute Gasteiger partial charge is 0.296 e. The molecule has 1 unspecified atom stereocenters. The predicted molar refractivity (Wildman–Crippen MR) is 64.9 cm³/mol. The number of rotatable bonds is 4. The highest BCUT2D eigenvalue weighted by Crippen LogP contribution is 2.29. The van der Waals surface area contributed by atoms with Crippen LogP contribution in [0.1, 0.15) is 18.5 Å². The van der Waals surface area contributed by atoms with Gasteiger partial charge in [-0.05, 0) is 30.5 Å². The first-order valence-corrected chi connectivity index (χ1v) is 5.11. The van der Waals surface area contributed by atoms with Crippen LogP contribution in [0, 0.1) is 12.3 Å². The van der Waals surface area contributed by atoms with Crippen LogP contribution in [0.4, 0.5) is 0 Å². The summed E-state index contributed by atoms with van der Waals surface area (Å²) in [6.07, 6.45) is 4.99. The lowest BCUT2D eigenvalue weighted by Gasteiger charge is -2.15. The molecule has 90 valence electrons. The van der Waals surface area contributed by atoms with Gasteiger partial charge in [0.15, 0.2) is 11.5 Å². The molecule has 0 saturated carbocycles.